The number of aliphatic hydroxyl groups is 1. The summed E-state index contributed by atoms with van der Waals surface area (Å²) in [5, 5.41) is 11.5. The third kappa shape index (κ3) is 6.03. The fourth-order valence-corrected chi connectivity index (χ4v) is 4.38. The van der Waals surface area contributed by atoms with E-state index in [1.54, 1.807) is 0 Å². The van der Waals surface area contributed by atoms with Crippen LogP contribution in [-0.2, 0) is 13.9 Å². The van der Waals surface area contributed by atoms with Crippen LogP contribution in [0.1, 0.15) is 26.2 Å². The first-order valence-corrected chi connectivity index (χ1v) is 11.0. The van der Waals surface area contributed by atoms with Gasteiger partial charge < -0.3 is 30.4 Å². The normalized spacial score (nSPS) is 15.3. The first-order valence-electron chi connectivity index (χ1n) is 7.79. The monoisotopic (exact) mass is 423 g/mol. The maximum absolute atomic E-state index is 11.4. The lowest BCUT2D eigenvalue weighted by molar-refractivity contribution is -0.116. The van der Waals surface area contributed by atoms with E-state index in [-0.39, 0.29) is 18.9 Å². The van der Waals surface area contributed by atoms with Crippen molar-refractivity contribution < 1.29 is 38.6 Å². The number of rotatable bonds is 6. The highest BCUT2D eigenvalue weighted by molar-refractivity contribution is 7.72. The Balaban J connectivity index is 0.000000270. The van der Waals surface area contributed by atoms with E-state index in [1.165, 1.54) is 5.01 Å². The van der Waals surface area contributed by atoms with Gasteiger partial charge in [-0.25, -0.2) is 5.01 Å². The summed E-state index contributed by atoms with van der Waals surface area (Å²) in [6.07, 6.45) is -0.417. The highest BCUT2D eigenvalue weighted by Gasteiger charge is 2.58. The molecule has 7 N–H and O–H groups in total. The van der Waals surface area contributed by atoms with Crippen LogP contribution in [-0.4, -0.2) is 47.9 Å². The second-order valence-electron chi connectivity index (χ2n) is 5.81. The summed E-state index contributed by atoms with van der Waals surface area (Å²) < 4.78 is 21.4. The molecule has 0 saturated carbocycles. The van der Waals surface area contributed by atoms with E-state index in [4.69, 9.17) is 25.3 Å². The van der Waals surface area contributed by atoms with Crippen molar-refractivity contribution in [2.75, 3.05) is 11.6 Å². The second kappa shape index (κ2) is 9.18. The van der Waals surface area contributed by atoms with Crippen LogP contribution in [0.25, 0.3) is 0 Å². The number of carbonyl (C=O) groups excluding carboxylic acids is 1. The quantitative estimate of drug-likeness (QED) is 0.354. The molecule has 0 bridgehead atoms. The zero-order valence-electron chi connectivity index (χ0n) is 14.5. The molecule has 2 rings (SSSR count). The Morgan fingerprint density at radius 3 is 2.04 bits per heavy atom. The zero-order chi connectivity index (χ0) is 20.9. The van der Waals surface area contributed by atoms with Gasteiger partial charge in [0.1, 0.15) is 0 Å². The van der Waals surface area contributed by atoms with Gasteiger partial charge in [0, 0.05) is 12.1 Å². The molecule has 152 valence electrons. The van der Waals surface area contributed by atoms with E-state index in [9.17, 15) is 19.0 Å². The van der Waals surface area contributed by atoms with Gasteiger partial charge in [-0.1, -0.05) is 18.2 Å². The van der Waals surface area contributed by atoms with Gasteiger partial charge >= 0.3 is 15.2 Å². The number of amides is 1. The average Bonchev–Trinajstić information content (AvgIpc) is 2.90. The summed E-state index contributed by atoms with van der Waals surface area (Å²) >= 11 is 0. The molecule has 0 spiro atoms. The number of nitrogens with two attached hydrogens (primary N) is 1. The molecule has 1 aromatic rings. The first-order chi connectivity index (χ1) is 12.3. The van der Waals surface area contributed by atoms with Crippen molar-refractivity contribution in [1.82, 2.24) is 0 Å². The third-order valence-electron chi connectivity index (χ3n) is 3.56. The Morgan fingerprint density at radius 1 is 1.15 bits per heavy atom. The third-order valence-corrected chi connectivity index (χ3v) is 7.44. The van der Waals surface area contributed by atoms with Crippen molar-refractivity contribution >= 4 is 32.5 Å². The lowest BCUT2D eigenvalue weighted by Gasteiger charge is -2.28. The van der Waals surface area contributed by atoms with Gasteiger partial charge in [-0.15, -0.1) is 0 Å². The Morgan fingerprint density at radius 2 is 1.67 bits per heavy atom. The van der Waals surface area contributed by atoms with Crippen LogP contribution < -0.4 is 10.7 Å². The fraction of sp³-hybridized carbons (Fsp3) is 0.429. The smallest absolute Gasteiger partial charge is 0.368 e. The Kier molecular flexibility index (Phi) is 8.03. The summed E-state index contributed by atoms with van der Waals surface area (Å²) in [5.41, 5.74) is 6.71. The molecule has 0 unspecified atom stereocenters. The largest absolute Gasteiger partial charge is 0.369 e. The maximum Gasteiger partial charge on any atom is 0.369 e. The zero-order valence-corrected chi connectivity index (χ0v) is 16.3. The first kappa shape index (κ1) is 23.6. The van der Waals surface area contributed by atoms with Crippen molar-refractivity contribution in [2.45, 2.75) is 31.3 Å². The van der Waals surface area contributed by atoms with E-state index >= 15 is 0 Å². The molecule has 1 aliphatic heterocycles. The summed E-state index contributed by atoms with van der Waals surface area (Å²) in [5.74, 6) is 0.0451. The number of anilines is 1. The van der Waals surface area contributed by atoms with Crippen LogP contribution in [0.2, 0.25) is 0 Å². The van der Waals surface area contributed by atoms with E-state index in [0.29, 0.717) is 6.42 Å². The fourth-order valence-electron chi connectivity index (χ4n) is 2.13. The molecule has 1 amide bonds. The standard InChI is InChI=1S/C10H10N2O.C4H13NO7P2/c1-8-7-10(13)12(11-8)9-5-3-2-4-6-9;5-3-1-2-4(6,13(7,8)9)14(10,11)12/h2-6H,7H2,1H3;6H,1-3,5H2,(H2,7,8,9)(H2,10,11,12). The van der Waals surface area contributed by atoms with E-state index in [2.05, 4.69) is 5.10 Å². The Hall–Kier alpha value is -1.42. The second-order valence-corrected chi connectivity index (χ2v) is 9.82. The molecule has 0 aromatic heterocycles. The number of nitrogens with zero attached hydrogens (tertiary/aromatic N) is 2. The molecule has 0 fully saturated rings. The van der Waals surface area contributed by atoms with Crippen LogP contribution in [0.4, 0.5) is 5.69 Å². The molecule has 0 atom stereocenters. The topological polar surface area (TPSA) is 194 Å². The number of benzene rings is 1. The number of carbonyl (C=O) groups is 1. The van der Waals surface area contributed by atoms with Crippen molar-refractivity contribution in [2.24, 2.45) is 10.8 Å². The molecule has 0 radical (unpaired) electrons. The lowest BCUT2D eigenvalue weighted by Crippen LogP contribution is -2.29. The molecule has 0 aliphatic carbocycles. The van der Waals surface area contributed by atoms with Gasteiger partial charge in [-0.3, -0.25) is 13.9 Å². The molecular weight excluding hydrogens is 400 g/mol. The molecule has 0 saturated heterocycles. The van der Waals surface area contributed by atoms with Crippen molar-refractivity contribution in [3.63, 3.8) is 0 Å². The molecule has 27 heavy (non-hydrogen) atoms. The molecule has 1 aliphatic rings. The average molecular weight is 423 g/mol. The lowest BCUT2D eigenvalue weighted by atomic mass is 10.3. The molecular formula is C14H23N3O8P2. The number of hydrogen-bond acceptors (Lipinski definition) is 6. The van der Waals surface area contributed by atoms with Crippen LogP contribution >= 0.6 is 15.2 Å². The van der Waals surface area contributed by atoms with Crippen LogP contribution in [0.3, 0.4) is 0 Å². The highest BCUT2D eigenvalue weighted by atomic mass is 31.2. The van der Waals surface area contributed by atoms with Crippen molar-refractivity contribution in [3.05, 3.63) is 30.3 Å². The Bertz CT molecular complexity index is 752. The predicted molar refractivity (Wildman–Crippen MR) is 99.0 cm³/mol. The molecule has 13 heteroatoms. The number of hydrogen-bond donors (Lipinski definition) is 6. The van der Waals surface area contributed by atoms with Gasteiger partial charge in [0.15, 0.2) is 0 Å². The van der Waals surface area contributed by atoms with Crippen LogP contribution in [0.15, 0.2) is 35.4 Å². The minimum Gasteiger partial charge on any atom is -0.368 e. The molecule has 1 heterocycles. The van der Waals surface area contributed by atoms with Gasteiger partial charge in [-0.05, 0) is 32.0 Å². The summed E-state index contributed by atoms with van der Waals surface area (Å²) in [7, 11) is -10.6. The Labute approximate surface area is 155 Å². The minimum atomic E-state index is -5.30. The molecule has 11 nitrogen and oxygen atoms in total. The van der Waals surface area contributed by atoms with Crippen LogP contribution in [0, 0.1) is 0 Å². The van der Waals surface area contributed by atoms with Gasteiger partial charge in [0.2, 0.25) is 0 Å². The summed E-state index contributed by atoms with van der Waals surface area (Å²) in [4.78, 5) is 45.9. The minimum absolute atomic E-state index is 0.0394. The van der Waals surface area contributed by atoms with Gasteiger partial charge in [-0.2, -0.15) is 5.10 Å². The SMILES string of the molecule is CC1=NN(c2ccccc2)C(=O)C1.NCCCC(O)(P(=O)(O)O)P(=O)(O)O. The predicted octanol–water partition coefficient (Wildman–Crippen LogP) is 0.526. The van der Waals surface area contributed by atoms with E-state index in [1.807, 2.05) is 37.3 Å². The van der Waals surface area contributed by atoms with E-state index < -0.39 is 26.7 Å². The molecule has 1 aromatic carbocycles. The van der Waals surface area contributed by atoms with Crippen molar-refractivity contribution in [3.8, 4) is 0 Å². The maximum atomic E-state index is 11.4. The van der Waals surface area contributed by atoms with Crippen molar-refractivity contribution in [1.29, 1.82) is 0 Å². The number of hydrazone groups is 1. The number of para-hydroxylation sites is 1. The van der Waals surface area contributed by atoms with Gasteiger partial charge in [0.25, 0.3) is 11.0 Å². The summed E-state index contributed by atoms with van der Waals surface area (Å²) in [6, 6.07) is 9.46. The highest BCUT2D eigenvalue weighted by Crippen LogP contribution is 2.69. The van der Waals surface area contributed by atoms with Gasteiger partial charge in [0.05, 0.1) is 12.1 Å². The van der Waals surface area contributed by atoms with E-state index in [0.717, 1.165) is 11.4 Å². The van der Waals surface area contributed by atoms with Crippen LogP contribution in [0.5, 0.6) is 0 Å². The summed E-state index contributed by atoms with van der Waals surface area (Å²) in [6.45, 7) is 1.82.